The zero-order chi connectivity index (χ0) is 17.5. The first kappa shape index (κ1) is 23.5. The van der Waals surface area contributed by atoms with E-state index in [4.69, 9.17) is 0 Å². The molecule has 0 aliphatic carbocycles. The van der Waals surface area contributed by atoms with Crippen LogP contribution in [0.3, 0.4) is 0 Å². The molecule has 1 amide bonds. The van der Waals surface area contributed by atoms with E-state index in [1.807, 2.05) is 42.5 Å². The number of nitrogens with one attached hydrogen (secondary N) is 1. The number of amides is 1. The summed E-state index contributed by atoms with van der Waals surface area (Å²) in [5.74, 6) is 1.84. The van der Waals surface area contributed by atoms with Crippen LogP contribution in [0.4, 0.5) is 0 Å². The maximum absolute atomic E-state index is 12.5. The second-order valence-electron chi connectivity index (χ2n) is 6.94. The summed E-state index contributed by atoms with van der Waals surface area (Å²) in [7, 11) is 1.88. The molecule has 0 spiro atoms. The summed E-state index contributed by atoms with van der Waals surface area (Å²) in [6, 6.07) is 10.3. The van der Waals surface area contributed by atoms with Crippen LogP contribution in [-0.4, -0.2) is 40.5 Å². The van der Waals surface area contributed by atoms with Gasteiger partial charge in [0, 0.05) is 32.4 Å². The van der Waals surface area contributed by atoms with Gasteiger partial charge in [0.1, 0.15) is 5.82 Å². The van der Waals surface area contributed by atoms with Crippen LogP contribution in [0.2, 0.25) is 0 Å². The molecule has 0 radical (unpaired) electrons. The standard InChI is InChI=1S/C20H28N4O.2ClH/c1-23(20(25)8-7-17-9-11-21-12-10-17)16-19-22-13-14-24(19)15-18-5-3-2-4-6-18;;/h2-6,13-14,17,21H,7-12,15-16H2,1H3;2*1H. The number of carbonyl (C=O) groups is 1. The number of rotatable bonds is 7. The fraction of sp³-hybridized carbons (Fsp3) is 0.500. The Morgan fingerprint density at radius 1 is 1.22 bits per heavy atom. The largest absolute Gasteiger partial charge is 0.338 e. The number of aromatic nitrogens is 2. The Labute approximate surface area is 174 Å². The smallest absolute Gasteiger partial charge is 0.222 e. The summed E-state index contributed by atoms with van der Waals surface area (Å²) in [4.78, 5) is 18.7. The van der Waals surface area contributed by atoms with Gasteiger partial charge in [0.2, 0.25) is 5.91 Å². The summed E-state index contributed by atoms with van der Waals surface area (Å²) in [5.41, 5.74) is 1.24. The van der Waals surface area contributed by atoms with Crippen LogP contribution in [0, 0.1) is 5.92 Å². The Kier molecular flexibility index (Phi) is 10.4. The van der Waals surface area contributed by atoms with Crippen LogP contribution >= 0.6 is 24.8 Å². The van der Waals surface area contributed by atoms with Gasteiger partial charge in [0.15, 0.2) is 0 Å². The molecule has 7 heteroatoms. The van der Waals surface area contributed by atoms with Crippen molar-refractivity contribution in [1.29, 1.82) is 0 Å². The van der Waals surface area contributed by atoms with Gasteiger partial charge in [-0.05, 0) is 43.8 Å². The van der Waals surface area contributed by atoms with Crippen LogP contribution in [0.25, 0.3) is 0 Å². The molecule has 0 bridgehead atoms. The van der Waals surface area contributed by atoms with E-state index in [9.17, 15) is 4.79 Å². The van der Waals surface area contributed by atoms with Crippen molar-refractivity contribution in [3.8, 4) is 0 Å². The molecular weight excluding hydrogens is 383 g/mol. The minimum atomic E-state index is 0. The molecule has 0 unspecified atom stereocenters. The van der Waals surface area contributed by atoms with Crippen molar-refractivity contribution in [2.24, 2.45) is 5.92 Å². The van der Waals surface area contributed by atoms with Crippen molar-refractivity contribution in [2.75, 3.05) is 20.1 Å². The summed E-state index contributed by atoms with van der Waals surface area (Å²) in [5, 5.41) is 3.37. The van der Waals surface area contributed by atoms with Crippen molar-refractivity contribution in [1.82, 2.24) is 19.8 Å². The highest BCUT2D eigenvalue weighted by atomic mass is 35.5. The van der Waals surface area contributed by atoms with E-state index in [1.54, 1.807) is 0 Å². The zero-order valence-corrected chi connectivity index (χ0v) is 17.5. The number of imidazole rings is 1. The highest BCUT2D eigenvalue weighted by molar-refractivity contribution is 5.85. The number of piperidine rings is 1. The van der Waals surface area contributed by atoms with Gasteiger partial charge in [-0.15, -0.1) is 24.8 Å². The molecular formula is C20H30Cl2N4O. The molecule has 1 aliphatic heterocycles. The average molecular weight is 413 g/mol. The third-order valence-electron chi connectivity index (χ3n) is 5.03. The van der Waals surface area contributed by atoms with E-state index in [1.165, 1.54) is 18.4 Å². The van der Waals surface area contributed by atoms with Crippen molar-refractivity contribution >= 4 is 30.7 Å². The predicted molar refractivity (Wildman–Crippen MR) is 114 cm³/mol. The topological polar surface area (TPSA) is 50.2 Å². The summed E-state index contributed by atoms with van der Waals surface area (Å²) in [6.07, 6.45) is 7.82. The molecule has 3 rings (SSSR count). The Morgan fingerprint density at radius 2 is 1.93 bits per heavy atom. The van der Waals surface area contributed by atoms with Crippen LogP contribution in [0.15, 0.2) is 42.7 Å². The Bertz CT molecular complexity index is 672. The van der Waals surface area contributed by atoms with Gasteiger partial charge in [0.05, 0.1) is 6.54 Å². The maximum atomic E-state index is 12.5. The van der Waals surface area contributed by atoms with E-state index in [2.05, 4.69) is 27.0 Å². The van der Waals surface area contributed by atoms with Gasteiger partial charge in [-0.25, -0.2) is 4.98 Å². The Morgan fingerprint density at radius 3 is 2.63 bits per heavy atom. The SMILES string of the molecule is CN(Cc1nccn1Cc1ccccc1)C(=O)CCC1CCNCC1.Cl.Cl. The van der Waals surface area contributed by atoms with Gasteiger partial charge >= 0.3 is 0 Å². The summed E-state index contributed by atoms with van der Waals surface area (Å²) >= 11 is 0. The third kappa shape index (κ3) is 7.17. The molecule has 150 valence electrons. The second-order valence-corrected chi connectivity index (χ2v) is 6.94. The number of hydrogen-bond donors (Lipinski definition) is 1. The van der Waals surface area contributed by atoms with E-state index in [-0.39, 0.29) is 30.7 Å². The van der Waals surface area contributed by atoms with Gasteiger partial charge in [0.25, 0.3) is 0 Å². The third-order valence-corrected chi connectivity index (χ3v) is 5.03. The fourth-order valence-corrected chi connectivity index (χ4v) is 3.40. The van der Waals surface area contributed by atoms with Gasteiger partial charge < -0.3 is 14.8 Å². The first-order valence-electron chi connectivity index (χ1n) is 9.21. The predicted octanol–water partition coefficient (Wildman–Crippen LogP) is 3.51. The minimum absolute atomic E-state index is 0. The second kappa shape index (κ2) is 12.0. The molecule has 5 nitrogen and oxygen atoms in total. The molecule has 0 saturated carbocycles. The highest BCUT2D eigenvalue weighted by Gasteiger charge is 2.17. The molecule has 1 aromatic heterocycles. The zero-order valence-electron chi connectivity index (χ0n) is 15.8. The lowest BCUT2D eigenvalue weighted by Crippen LogP contribution is -2.30. The molecule has 1 saturated heterocycles. The average Bonchev–Trinajstić information content (AvgIpc) is 3.08. The van der Waals surface area contributed by atoms with Crippen molar-refractivity contribution in [2.45, 2.75) is 38.8 Å². The number of benzene rings is 1. The molecule has 1 aliphatic rings. The molecule has 0 atom stereocenters. The van der Waals surface area contributed by atoms with E-state index < -0.39 is 0 Å². The Hall–Kier alpha value is -1.56. The monoisotopic (exact) mass is 412 g/mol. The van der Waals surface area contributed by atoms with Gasteiger partial charge in [-0.1, -0.05) is 30.3 Å². The Balaban J connectivity index is 0.00000182. The molecule has 27 heavy (non-hydrogen) atoms. The van der Waals surface area contributed by atoms with Crippen molar-refractivity contribution < 1.29 is 4.79 Å². The maximum Gasteiger partial charge on any atom is 0.222 e. The van der Waals surface area contributed by atoms with E-state index in [0.717, 1.165) is 31.9 Å². The first-order chi connectivity index (χ1) is 12.2. The normalized spacial score (nSPS) is 14.1. The summed E-state index contributed by atoms with van der Waals surface area (Å²) < 4.78 is 2.12. The minimum Gasteiger partial charge on any atom is -0.338 e. The number of nitrogens with zero attached hydrogens (tertiary/aromatic N) is 3. The van der Waals surface area contributed by atoms with Crippen LogP contribution in [-0.2, 0) is 17.9 Å². The molecule has 2 aromatic rings. The molecule has 1 aromatic carbocycles. The van der Waals surface area contributed by atoms with Gasteiger partial charge in [-0.2, -0.15) is 0 Å². The highest BCUT2D eigenvalue weighted by Crippen LogP contribution is 2.18. The summed E-state index contributed by atoms with van der Waals surface area (Å²) in [6.45, 7) is 3.52. The molecule has 1 fully saturated rings. The van der Waals surface area contributed by atoms with Crippen molar-refractivity contribution in [3.63, 3.8) is 0 Å². The number of halogens is 2. The van der Waals surface area contributed by atoms with Crippen LogP contribution < -0.4 is 5.32 Å². The van der Waals surface area contributed by atoms with Gasteiger partial charge in [-0.3, -0.25) is 4.79 Å². The lowest BCUT2D eigenvalue weighted by atomic mass is 9.93. The lowest BCUT2D eigenvalue weighted by molar-refractivity contribution is -0.130. The first-order valence-corrected chi connectivity index (χ1v) is 9.21. The van der Waals surface area contributed by atoms with E-state index >= 15 is 0 Å². The van der Waals surface area contributed by atoms with Crippen LogP contribution in [0.5, 0.6) is 0 Å². The fourth-order valence-electron chi connectivity index (χ4n) is 3.40. The lowest BCUT2D eigenvalue weighted by Gasteiger charge is -2.23. The van der Waals surface area contributed by atoms with Crippen LogP contribution in [0.1, 0.15) is 37.1 Å². The van der Waals surface area contributed by atoms with Crippen molar-refractivity contribution in [3.05, 3.63) is 54.1 Å². The molecule has 1 N–H and O–H groups in total. The molecule has 2 heterocycles. The quantitative estimate of drug-likeness (QED) is 0.756. The van der Waals surface area contributed by atoms with E-state index in [0.29, 0.717) is 18.9 Å². The number of hydrogen-bond acceptors (Lipinski definition) is 3. The number of carbonyl (C=O) groups excluding carboxylic acids is 1.